The summed E-state index contributed by atoms with van der Waals surface area (Å²) >= 11 is 4.02. The molecule has 0 bridgehead atoms. The van der Waals surface area contributed by atoms with Crippen molar-refractivity contribution < 1.29 is 0 Å². The molecular weight excluding hydrogens is 448 g/mol. The number of rotatable bonds is 4. The van der Waals surface area contributed by atoms with Crippen molar-refractivity contribution in [3.05, 3.63) is 113 Å². The number of fused-ring (bicyclic) bond motifs is 8. The maximum Gasteiger partial charge on any atom is 0.0338 e. The lowest BCUT2D eigenvalue weighted by atomic mass is 9.66. The highest BCUT2D eigenvalue weighted by Crippen LogP contribution is 2.53. The predicted molar refractivity (Wildman–Crippen MR) is 155 cm³/mol. The van der Waals surface area contributed by atoms with Gasteiger partial charge >= 0.3 is 0 Å². The Kier molecular flexibility index (Phi) is 5.62. The molecule has 0 aliphatic heterocycles. The van der Waals surface area contributed by atoms with Gasteiger partial charge < -0.3 is 0 Å². The summed E-state index contributed by atoms with van der Waals surface area (Å²) in [5.41, 5.74) is 11.4. The van der Waals surface area contributed by atoms with Gasteiger partial charge in [-0.05, 0) is 80.7 Å². The van der Waals surface area contributed by atoms with Crippen molar-refractivity contribution in [3.63, 3.8) is 0 Å². The molecule has 4 atom stereocenters. The minimum atomic E-state index is 0.451. The Balaban J connectivity index is 1.56. The molecule has 3 aliphatic carbocycles. The monoisotopic (exact) mass is 478 g/mol. The van der Waals surface area contributed by atoms with E-state index in [0.717, 1.165) is 12.8 Å². The van der Waals surface area contributed by atoms with Crippen molar-refractivity contribution in [1.82, 2.24) is 0 Å². The summed E-state index contributed by atoms with van der Waals surface area (Å²) in [5, 5.41) is 3.85. The van der Waals surface area contributed by atoms with E-state index in [1.54, 1.807) is 5.56 Å². The van der Waals surface area contributed by atoms with Crippen LogP contribution in [0.5, 0.6) is 0 Å². The number of benzene rings is 3. The van der Waals surface area contributed by atoms with Gasteiger partial charge in [-0.25, -0.2) is 0 Å². The van der Waals surface area contributed by atoms with Gasteiger partial charge in [0.1, 0.15) is 0 Å². The fourth-order valence-electron chi connectivity index (χ4n) is 6.50. The summed E-state index contributed by atoms with van der Waals surface area (Å²) in [5.74, 6) is 0.967. The minimum Gasteiger partial charge on any atom is -0.161 e. The first-order chi connectivity index (χ1) is 16.7. The fourth-order valence-corrected chi connectivity index (χ4v) is 8.19. The average Bonchev–Trinajstić information content (AvgIpc) is 2.89. The van der Waals surface area contributed by atoms with E-state index in [1.165, 1.54) is 49.7 Å². The molecule has 0 saturated carbocycles. The topological polar surface area (TPSA) is 0 Å². The van der Waals surface area contributed by atoms with Gasteiger partial charge in [0.05, 0.1) is 0 Å². The van der Waals surface area contributed by atoms with E-state index in [-0.39, 0.29) is 0 Å². The van der Waals surface area contributed by atoms with Crippen molar-refractivity contribution >= 4 is 52.0 Å². The van der Waals surface area contributed by atoms with E-state index >= 15 is 0 Å². The minimum absolute atomic E-state index is 0.451. The van der Waals surface area contributed by atoms with Crippen LogP contribution >= 0.6 is 23.5 Å². The molecule has 0 radical (unpaired) electrons. The van der Waals surface area contributed by atoms with E-state index in [1.807, 2.05) is 35.7 Å². The Morgan fingerprint density at radius 2 is 1.71 bits per heavy atom. The molecule has 0 spiro atoms. The van der Waals surface area contributed by atoms with Crippen LogP contribution in [0.1, 0.15) is 39.3 Å². The van der Waals surface area contributed by atoms with E-state index in [0.29, 0.717) is 22.3 Å². The number of hydrogen-bond donors (Lipinski definition) is 0. The molecule has 0 amide bonds. The normalized spacial score (nSPS) is 24.8. The smallest absolute Gasteiger partial charge is 0.0338 e. The van der Waals surface area contributed by atoms with Gasteiger partial charge in [-0.3, -0.25) is 0 Å². The molecule has 3 aliphatic rings. The Labute approximate surface area is 211 Å². The first-order valence-electron chi connectivity index (χ1n) is 12.1. The molecule has 0 saturated heterocycles. The van der Waals surface area contributed by atoms with Crippen molar-refractivity contribution in [2.24, 2.45) is 5.92 Å². The standard InChI is InChI=1S/C32H30S2/c1-5-19-11-13-23-25-15-30-26(16-29(25)31(33-3)17-27(23)21(19)6-2)24-14-12-20-9-7-8-10-22(20)28(24)18-32(30)34-4/h5-16,26,30-32H,1-2,17-18H2,3-4H3. The highest BCUT2D eigenvalue weighted by Gasteiger charge is 2.40. The quantitative estimate of drug-likeness (QED) is 0.369. The van der Waals surface area contributed by atoms with Crippen LogP contribution in [-0.4, -0.2) is 23.0 Å². The second kappa shape index (κ2) is 8.66. The van der Waals surface area contributed by atoms with E-state index in [9.17, 15) is 0 Å². The molecule has 0 N–H and O–H groups in total. The summed E-state index contributed by atoms with van der Waals surface area (Å²) < 4.78 is 0. The van der Waals surface area contributed by atoms with Crippen LogP contribution in [0.2, 0.25) is 0 Å². The van der Waals surface area contributed by atoms with Crippen LogP contribution in [0.25, 0.3) is 28.5 Å². The van der Waals surface area contributed by atoms with Crippen molar-refractivity contribution in [1.29, 1.82) is 0 Å². The SMILES string of the molecule is C=Cc1ccc2c(c1C=C)CC(SC)C1=CC3c4ccc5ccccc5c4CC(SC)C3C=C12. The Hall–Kier alpha value is -2.42. The largest absolute Gasteiger partial charge is 0.161 e. The third-order valence-corrected chi connectivity index (χ3v) is 10.2. The molecular formula is C32H30S2. The number of hydrogen-bond acceptors (Lipinski definition) is 2. The Morgan fingerprint density at radius 1 is 0.853 bits per heavy atom. The molecule has 0 fully saturated rings. The van der Waals surface area contributed by atoms with Gasteiger partial charge in [-0.1, -0.05) is 86.0 Å². The molecule has 3 aromatic rings. The molecule has 3 aromatic carbocycles. The molecule has 0 aromatic heterocycles. The highest BCUT2D eigenvalue weighted by atomic mass is 32.2. The first-order valence-corrected chi connectivity index (χ1v) is 14.7. The average molecular weight is 479 g/mol. The van der Waals surface area contributed by atoms with E-state index < -0.39 is 0 Å². The summed E-state index contributed by atoms with van der Waals surface area (Å²) in [6, 6.07) is 18.2. The zero-order valence-corrected chi connectivity index (χ0v) is 21.5. The third kappa shape index (κ3) is 3.22. The Bertz CT molecular complexity index is 1390. The molecule has 6 rings (SSSR count). The van der Waals surface area contributed by atoms with Crippen LogP contribution in [0.3, 0.4) is 0 Å². The maximum absolute atomic E-state index is 4.15. The van der Waals surface area contributed by atoms with Crippen LogP contribution in [0, 0.1) is 5.92 Å². The van der Waals surface area contributed by atoms with Crippen LogP contribution < -0.4 is 0 Å². The second-order valence-corrected chi connectivity index (χ2v) is 11.7. The van der Waals surface area contributed by atoms with E-state index in [2.05, 4.69) is 86.4 Å². The van der Waals surface area contributed by atoms with Crippen LogP contribution in [0.4, 0.5) is 0 Å². The molecule has 34 heavy (non-hydrogen) atoms. The van der Waals surface area contributed by atoms with Crippen molar-refractivity contribution in [2.45, 2.75) is 29.3 Å². The molecule has 170 valence electrons. The zero-order chi connectivity index (χ0) is 23.4. The third-order valence-electron chi connectivity index (χ3n) is 8.14. The summed E-state index contributed by atoms with van der Waals surface area (Å²) in [6.45, 7) is 8.20. The maximum atomic E-state index is 4.15. The van der Waals surface area contributed by atoms with E-state index in [4.69, 9.17) is 0 Å². The lowest BCUT2D eigenvalue weighted by Gasteiger charge is -2.43. The molecule has 2 heteroatoms. The van der Waals surface area contributed by atoms with Gasteiger partial charge in [-0.2, -0.15) is 23.5 Å². The summed E-state index contributed by atoms with van der Waals surface area (Å²) in [7, 11) is 0. The van der Waals surface area contributed by atoms with Crippen LogP contribution in [-0.2, 0) is 12.8 Å². The molecule has 0 heterocycles. The van der Waals surface area contributed by atoms with Gasteiger partial charge in [0.15, 0.2) is 0 Å². The van der Waals surface area contributed by atoms with Crippen molar-refractivity contribution in [3.8, 4) is 0 Å². The van der Waals surface area contributed by atoms with Crippen molar-refractivity contribution in [2.75, 3.05) is 12.5 Å². The number of thioether (sulfide) groups is 2. The lowest BCUT2D eigenvalue weighted by Crippen LogP contribution is -2.34. The van der Waals surface area contributed by atoms with Gasteiger partial charge in [0.2, 0.25) is 0 Å². The Morgan fingerprint density at radius 3 is 2.47 bits per heavy atom. The lowest BCUT2D eigenvalue weighted by molar-refractivity contribution is 0.513. The van der Waals surface area contributed by atoms with Gasteiger partial charge in [0.25, 0.3) is 0 Å². The second-order valence-electron chi connectivity index (χ2n) is 9.57. The summed E-state index contributed by atoms with van der Waals surface area (Å²) in [4.78, 5) is 0. The first kappa shape index (κ1) is 22.1. The fraction of sp³-hybridized carbons (Fsp3) is 0.250. The molecule has 0 nitrogen and oxygen atoms in total. The van der Waals surface area contributed by atoms with Crippen LogP contribution in [0.15, 0.2) is 79.4 Å². The zero-order valence-electron chi connectivity index (χ0n) is 19.9. The number of allylic oxidation sites excluding steroid dienone is 3. The molecule has 4 unspecified atom stereocenters. The summed E-state index contributed by atoms with van der Waals surface area (Å²) in [6.07, 6.45) is 16.0. The predicted octanol–water partition coefficient (Wildman–Crippen LogP) is 8.42. The van der Waals surface area contributed by atoms with Gasteiger partial charge in [0, 0.05) is 22.3 Å². The van der Waals surface area contributed by atoms with Gasteiger partial charge in [-0.15, -0.1) is 0 Å². The highest BCUT2D eigenvalue weighted by molar-refractivity contribution is 7.99.